The van der Waals surface area contributed by atoms with Gasteiger partial charge in [0.05, 0.1) is 23.2 Å². The summed E-state index contributed by atoms with van der Waals surface area (Å²) in [5.74, 6) is -0.521. The van der Waals surface area contributed by atoms with E-state index in [-0.39, 0.29) is 29.8 Å². The molecule has 7 nitrogen and oxygen atoms in total. The van der Waals surface area contributed by atoms with Crippen LogP contribution in [0, 0.1) is 0 Å². The van der Waals surface area contributed by atoms with E-state index in [2.05, 4.69) is 10.3 Å². The van der Waals surface area contributed by atoms with Gasteiger partial charge in [0, 0.05) is 16.9 Å². The van der Waals surface area contributed by atoms with E-state index in [1.54, 1.807) is 54.6 Å². The number of allylic oxidation sites excluding steroid dienone is 1. The third-order valence-corrected chi connectivity index (χ3v) is 5.68. The fraction of sp³-hybridized carbons (Fsp3) is 0.0400. The van der Waals surface area contributed by atoms with Crippen LogP contribution in [0.15, 0.2) is 77.3 Å². The van der Waals surface area contributed by atoms with E-state index in [1.165, 1.54) is 11.1 Å². The van der Waals surface area contributed by atoms with E-state index >= 15 is 0 Å². The van der Waals surface area contributed by atoms with E-state index < -0.39 is 0 Å². The average molecular weight is 458 g/mol. The molecule has 0 spiro atoms. The first-order chi connectivity index (χ1) is 16.0. The van der Waals surface area contributed by atoms with Gasteiger partial charge in [0.1, 0.15) is 5.52 Å². The largest absolute Gasteiger partial charge is 0.436 e. The quantitative estimate of drug-likeness (QED) is 0.251. The Morgan fingerprint density at radius 1 is 1.00 bits per heavy atom. The predicted octanol–water partition coefficient (Wildman–Crippen LogP) is 4.93. The number of carbonyl (C=O) groups is 3. The van der Waals surface area contributed by atoms with Crippen molar-refractivity contribution in [3.63, 3.8) is 0 Å². The van der Waals surface area contributed by atoms with Crippen LogP contribution in [0.25, 0.3) is 16.7 Å². The molecule has 8 heteroatoms. The molecular weight excluding hydrogens is 442 g/mol. The van der Waals surface area contributed by atoms with Crippen molar-refractivity contribution in [2.24, 2.45) is 0 Å². The minimum Gasteiger partial charge on any atom is -0.436 e. The fourth-order valence-corrected chi connectivity index (χ4v) is 3.82. The summed E-state index contributed by atoms with van der Waals surface area (Å²) in [5, 5.41) is 3.44. The van der Waals surface area contributed by atoms with Crippen molar-refractivity contribution < 1.29 is 18.8 Å². The van der Waals surface area contributed by atoms with Gasteiger partial charge < -0.3 is 9.73 Å². The Morgan fingerprint density at radius 3 is 2.39 bits per heavy atom. The van der Waals surface area contributed by atoms with Gasteiger partial charge in [-0.1, -0.05) is 35.9 Å². The van der Waals surface area contributed by atoms with Gasteiger partial charge in [-0.3, -0.25) is 19.3 Å². The Hall–Kier alpha value is -4.23. The smallest absolute Gasteiger partial charge is 0.261 e. The van der Waals surface area contributed by atoms with Crippen molar-refractivity contribution in [1.82, 2.24) is 9.88 Å². The molecule has 1 aromatic heterocycles. The van der Waals surface area contributed by atoms with Crippen molar-refractivity contribution >= 4 is 52.1 Å². The number of halogens is 1. The molecule has 0 unspecified atom stereocenters. The summed E-state index contributed by atoms with van der Waals surface area (Å²) in [5.41, 5.74) is 3.41. The monoisotopic (exact) mass is 457 g/mol. The van der Waals surface area contributed by atoms with Crippen molar-refractivity contribution in [3.8, 4) is 0 Å². The van der Waals surface area contributed by atoms with Crippen LogP contribution in [-0.2, 0) is 11.3 Å². The van der Waals surface area contributed by atoms with Gasteiger partial charge in [0.15, 0.2) is 11.9 Å². The minimum absolute atomic E-state index is 0.0239. The number of oxazole rings is 1. The molecule has 0 fully saturated rings. The highest BCUT2D eigenvalue weighted by atomic mass is 35.5. The number of hydrogen-bond acceptors (Lipinski definition) is 6. The molecule has 0 aliphatic carbocycles. The van der Waals surface area contributed by atoms with Crippen LogP contribution in [0.3, 0.4) is 0 Å². The normalized spacial score (nSPS) is 13.5. The molecule has 0 radical (unpaired) electrons. The second-order valence-electron chi connectivity index (χ2n) is 7.40. The van der Waals surface area contributed by atoms with Gasteiger partial charge >= 0.3 is 0 Å². The summed E-state index contributed by atoms with van der Waals surface area (Å²) in [4.78, 5) is 42.5. The lowest BCUT2D eigenvalue weighted by atomic mass is 10.1. The van der Waals surface area contributed by atoms with Crippen molar-refractivity contribution in [2.75, 3.05) is 5.32 Å². The number of carbonyl (C=O) groups excluding carboxylic acids is 3. The molecule has 0 atom stereocenters. The number of nitrogens with zero attached hydrogens (tertiary/aromatic N) is 2. The van der Waals surface area contributed by atoms with Crippen LogP contribution >= 0.6 is 11.6 Å². The molecule has 4 aromatic rings. The summed E-state index contributed by atoms with van der Waals surface area (Å²) >= 11 is 6.34. The van der Waals surface area contributed by atoms with Gasteiger partial charge in [0.25, 0.3) is 11.8 Å². The summed E-state index contributed by atoms with van der Waals surface area (Å²) in [6.45, 7) is 0.0239. The van der Waals surface area contributed by atoms with Gasteiger partial charge in [-0.15, -0.1) is 0 Å². The third-order valence-electron chi connectivity index (χ3n) is 5.31. The second kappa shape index (κ2) is 8.37. The number of nitrogens with one attached hydrogen (secondary N) is 1. The van der Waals surface area contributed by atoms with E-state index in [9.17, 15) is 14.4 Å². The number of anilines is 1. The molecule has 0 bridgehead atoms. The highest BCUT2D eigenvalue weighted by molar-refractivity contribution is 6.31. The Balaban J connectivity index is 1.38. The van der Waals surface area contributed by atoms with Gasteiger partial charge in [-0.25, -0.2) is 4.98 Å². The second-order valence-corrected chi connectivity index (χ2v) is 7.80. The molecule has 162 valence electrons. The Labute approximate surface area is 193 Å². The van der Waals surface area contributed by atoms with Crippen LogP contribution in [-0.4, -0.2) is 28.0 Å². The summed E-state index contributed by atoms with van der Waals surface area (Å²) in [6, 6.07) is 19.0. The maximum Gasteiger partial charge on any atom is 0.261 e. The van der Waals surface area contributed by atoms with Crippen LogP contribution < -0.4 is 5.32 Å². The molecule has 0 saturated heterocycles. The molecule has 0 saturated carbocycles. The number of aromatic nitrogens is 1. The first-order valence-electron chi connectivity index (χ1n) is 10.1. The Morgan fingerprint density at radius 2 is 1.70 bits per heavy atom. The predicted molar refractivity (Wildman–Crippen MR) is 124 cm³/mol. The molecule has 2 amide bonds. The van der Waals surface area contributed by atoms with Crippen LogP contribution in [0.2, 0.25) is 5.02 Å². The van der Waals surface area contributed by atoms with Crippen molar-refractivity contribution in [1.29, 1.82) is 0 Å². The van der Waals surface area contributed by atoms with E-state index in [0.717, 1.165) is 0 Å². The number of fused-ring (bicyclic) bond motifs is 2. The van der Waals surface area contributed by atoms with Gasteiger partial charge in [-0.05, 0) is 48.0 Å². The number of hydrogen-bond donors (Lipinski definition) is 1. The SMILES string of the molecule is O=CC(=CNc1ccc(Cl)c(CN2C(=O)c3ccccc3C2=O)c1)c1nc2ccccc2o1. The molecule has 1 N–H and O–H groups in total. The highest BCUT2D eigenvalue weighted by Gasteiger charge is 2.35. The standard InChI is InChI=1S/C25H16ClN3O4/c26-20-10-9-17(27-12-16(14-30)23-28-21-7-3-4-8-22(21)33-23)11-15(20)13-29-24(31)18-5-1-2-6-19(18)25(29)32/h1-12,14,27H,13H2. The number of benzene rings is 3. The molecule has 1 aliphatic rings. The third kappa shape index (κ3) is 3.79. The molecular formula is C25H16ClN3O4. The number of para-hydroxylation sites is 2. The number of rotatable bonds is 6. The van der Waals surface area contributed by atoms with E-state index in [0.29, 0.717) is 44.8 Å². The molecule has 1 aliphatic heterocycles. The van der Waals surface area contributed by atoms with E-state index in [1.807, 2.05) is 12.1 Å². The molecule has 2 heterocycles. The maximum absolute atomic E-state index is 12.7. The molecule has 5 rings (SSSR count). The number of amides is 2. The van der Waals surface area contributed by atoms with Crippen LogP contribution in [0.1, 0.15) is 32.2 Å². The zero-order valence-corrected chi connectivity index (χ0v) is 17.9. The lowest BCUT2D eigenvalue weighted by Crippen LogP contribution is -2.29. The summed E-state index contributed by atoms with van der Waals surface area (Å²) < 4.78 is 5.64. The van der Waals surface area contributed by atoms with Crippen LogP contribution in [0.4, 0.5) is 5.69 Å². The van der Waals surface area contributed by atoms with Gasteiger partial charge in [0.2, 0.25) is 5.89 Å². The topological polar surface area (TPSA) is 92.5 Å². The maximum atomic E-state index is 12.7. The van der Waals surface area contributed by atoms with E-state index in [4.69, 9.17) is 16.0 Å². The highest BCUT2D eigenvalue weighted by Crippen LogP contribution is 2.28. The first-order valence-corrected chi connectivity index (χ1v) is 10.4. The number of aldehydes is 1. The van der Waals surface area contributed by atoms with Crippen molar-refractivity contribution in [2.45, 2.75) is 6.54 Å². The zero-order valence-electron chi connectivity index (χ0n) is 17.1. The summed E-state index contributed by atoms with van der Waals surface area (Å²) in [7, 11) is 0. The lowest BCUT2D eigenvalue weighted by molar-refractivity contribution is -0.103. The van der Waals surface area contributed by atoms with Crippen LogP contribution in [0.5, 0.6) is 0 Å². The zero-order chi connectivity index (χ0) is 22.9. The Bertz CT molecular complexity index is 1390. The van der Waals surface area contributed by atoms with Crippen molar-refractivity contribution in [3.05, 3.63) is 101 Å². The minimum atomic E-state index is -0.357. The summed E-state index contributed by atoms with van der Waals surface area (Å²) in [6.07, 6.45) is 2.13. The molecule has 3 aromatic carbocycles. The molecule has 33 heavy (non-hydrogen) atoms. The average Bonchev–Trinajstić information content (AvgIpc) is 3.37. The van der Waals surface area contributed by atoms with Gasteiger partial charge in [-0.2, -0.15) is 0 Å². The fourth-order valence-electron chi connectivity index (χ4n) is 3.64. The number of imide groups is 1. The lowest BCUT2D eigenvalue weighted by Gasteiger charge is -2.16. The first kappa shape index (κ1) is 20.7. The Kier molecular flexibility index (Phi) is 5.24.